The first-order valence-corrected chi connectivity index (χ1v) is 8.92. The summed E-state index contributed by atoms with van der Waals surface area (Å²) in [6.45, 7) is 1.41. The van der Waals surface area contributed by atoms with E-state index in [1.54, 1.807) is 7.11 Å². The molecule has 1 amide bonds. The van der Waals surface area contributed by atoms with Crippen molar-refractivity contribution in [2.45, 2.75) is 31.4 Å². The molecule has 0 N–H and O–H groups in total. The number of benzene rings is 2. The Bertz CT molecular complexity index is 767. The number of methoxy groups -OCH3 is 1. The van der Waals surface area contributed by atoms with Crippen molar-refractivity contribution in [3.8, 4) is 5.75 Å². The zero-order valence-electron chi connectivity index (χ0n) is 14.5. The molecule has 0 saturated carbocycles. The number of rotatable bonds is 3. The van der Waals surface area contributed by atoms with Crippen LogP contribution in [0.3, 0.4) is 0 Å². The Kier molecular flexibility index (Phi) is 4.45. The molecule has 2 aromatic rings. The summed E-state index contributed by atoms with van der Waals surface area (Å²) in [7, 11) is 1.67. The second-order valence-electron chi connectivity index (χ2n) is 6.66. The maximum atomic E-state index is 13.1. The van der Waals surface area contributed by atoms with E-state index in [1.807, 2.05) is 29.2 Å². The van der Waals surface area contributed by atoms with Gasteiger partial charge < -0.3 is 14.4 Å². The third-order valence-electron chi connectivity index (χ3n) is 5.18. The third kappa shape index (κ3) is 3.02. The normalized spacial score (nSPS) is 22.5. The molecule has 0 radical (unpaired) electrons. The minimum absolute atomic E-state index is 0.0863. The van der Waals surface area contributed by atoms with E-state index in [0.29, 0.717) is 6.61 Å². The van der Waals surface area contributed by atoms with Crippen LogP contribution in [0.2, 0.25) is 0 Å². The highest BCUT2D eigenvalue weighted by Crippen LogP contribution is 2.37. The molecule has 130 valence electrons. The van der Waals surface area contributed by atoms with E-state index in [-0.39, 0.29) is 18.1 Å². The topological polar surface area (TPSA) is 38.8 Å². The molecule has 0 spiro atoms. The first kappa shape index (κ1) is 16.2. The van der Waals surface area contributed by atoms with Gasteiger partial charge in [0.2, 0.25) is 0 Å². The molecule has 0 bridgehead atoms. The second-order valence-corrected chi connectivity index (χ2v) is 6.66. The number of carbonyl (C=O) groups is 1. The number of hydrogen-bond acceptors (Lipinski definition) is 3. The van der Waals surface area contributed by atoms with Crippen LogP contribution >= 0.6 is 0 Å². The second kappa shape index (κ2) is 6.89. The molecule has 25 heavy (non-hydrogen) atoms. The van der Waals surface area contributed by atoms with E-state index in [4.69, 9.17) is 9.47 Å². The molecule has 2 heterocycles. The van der Waals surface area contributed by atoms with Crippen LogP contribution in [0, 0.1) is 0 Å². The summed E-state index contributed by atoms with van der Waals surface area (Å²) in [5, 5.41) is 0. The summed E-state index contributed by atoms with van der Waals surface area (Å²) in [6.07, 6.45) is 2.38. The molecule has 2 aliphatic heterocycles. The molecule has 1 saturated heterocycles. The highest BCUT2D eigenvalue weighted by atomic mass is 16.5. The third-order valence-corrected chi connectivity index (χ3v) is 5.18. The quantitative estimate of drug-likeness (QED) is 0.862. The van der Waals surface area contributed by atoms with E-state index in [0.717, 1.165) is 37.1 Å². The Morgan fingerprint density at radius 1 is 1.20 bits per heavy atom. The van der Waals surface area contributed by atoms with Gasteiger partial charge in [0.25, 0.3) is 5.91 Å². The van der Waals surface area contributed by atoms with E-state index in [9.17, 15) is 4.79 Å². The van der Waals surface area contributed by atoms with Crippen LogP contribution in [0.15, 0.2) is 48.5 Å². The Morgan fingerprint density at radius 3 is 2.88 bits per heavy atom. The number of amides is 1. The van der Waals surface area contributed by atoms with Gasteiger partial charge >= 0.3 is 0 Å². The fourth-order valence-corrected chi connectivity index (χ4v) is 3.93. The van der Waals surface area contributed by atoms with Gasteiger partial charge in [-0.3, -0.25) is 4.79 Å². The van der Waals surface area contributed by atoms with Crippen molar-refractivity contribution in [3.63, 3.8) is 0 Å². The fraction of sp³-hybridized carbons (Fsp3) is 0.381. The Hall–Kier alpha value is -2.33. The van der Waals surface area contributed by atoms with Crippen molar-refractivity contribution in [2.75, 3.05) is 20.3 Å². The van der Waals surface area contributed by atoms with Gasteiger partial charge in [0, 0.05) is 13.2 Å². The smallest absolute Gasteiger partial charge is 0.252 e. The number of fused-ring (bicyclic) bond motifs is 1. The maximum Gasteiger partial charge on any atom is 0.252 e. The molecule has 2 atom stereocenters. The first-order chi connectivity index (χ1) is 12.3. The highest BCUT2D eigenvalue weighted by Gasteiger charge is 2.36. The average molecular weight is 337 g/mol. The molecule has 4 rings (SSSR count). The van der Waals surface area contributed by atoms with E-state index in [2.05, 4.69) is 24.3 Å². The predicted molar refractivity (Wildman–Crippen MR) is 95.7 cm³/mol. The van der Waals surface area contributed by atoms with E-state index in [1.165, 1.54) is 11.1 Å². The van der Waals surface area contributed by atoms with Crippen LogP contribution in [-0.4, -0.2) is 37.2 Å². The van der Waals surface area contributed by atoms with Crippen molar-refractivity contribution in [2.24, 2.45) is 0 Å². The lowest BCUT2D eigenvalue weighted by Gasteiger charge is -2.39. The van der Waals surface area contributed by atoms with E-state index < -0.39 is 0 Å². The summed E-state index contributed by atoms with van der Waals surface area (Å²) >= 11 is 0. The van der Waals surface area contributed by atoms with Crippen LogP contribution in [0.25, 0.3) is 0 Å². The van der Waals surface area contributed by atoms with E-state index >= 15 is 0 Å². The number of hydrogen-bond donors (Lipinski definition) is 0. The van der Waals surface area contributed by atoms with Crippen LogP contribution in [-0.2, 0) is 16.0 Å². The molecule has 2 aliphatic rings. The van der Waals surface area contributed by atoms with Gasteiger partial charge in [0.05, 0.1) is 13.2 Å². The van der Waals surface area contributed by atoms with Crippen LogP contribution in [0.1, 0.15) is 35.6 Å². The predicted octanol–water partition coefficient (Wildman–Crippen LogP) is 3.35. The van der Waals surface area contributed by atoms with Crippen molar-refractivity contribution in [1.29, 1.82) is 0 Å². The van der Waals surface area contributed by atoms with Crippen molar-refractivity contribution < 1.29 is 14.3 Å². The number of ether oxygens (including phenoxy) is 2. The molecule has 4 heteroatoms. The fourth-order valence-electron chi connectivity index (χ4n) is 3.93. The van der Waals surface area contributed by atoms with Crippen LogP contribution in [0.4, 0.5) is 0 Å². The molecule has 2 aromatic carbocycles. The summed E-state index contributed by atoms with van der Waals surface area (Å²) in [4.78, 5) is 15.1. The molecule has 4 nitrogen and oxygen atoms in total. The molecular weight excluding hydrogens is 314 g/mol. The lowest BCUT2D eigenvalue weighted by atomic mass is 9.87. The van der Waals surface area contributed by atoms with Gasteiger partial charge in [-0.15, -0.1) is 0 Å². The minimum Gasteiger partial charge on any atom is -0.497 e. The van der Waals surface area contributed by atoms with Crippen molar-refractivity contribution >= 4 is 5.91 Å². The summed E-state index contributed by atoms with van der Waals surface area (Å²) < 4.78 is 11.1. The Balaban J connectivity index is 1.76. The number of nitrogens with zero attached hydrogens (tertiary/aromatic N) is 1. The van der Waals surface area contributed by atoms with Crippen LogP contribution in [0.5, 0.6) is 5.75 Å². The SMILES string of the molecule is COc1cccc(C2c3ccccc3CCN2C(=O)C2CCCO2)c1. The maximum absolute atomic E-state index is 13.1. The number of carbonyl (C=O) groups excluding carboxylic acids is 1. The first-order valence-electron chi connectivity index (χ1n) is 8.92. The van der Waals surface area contributed by atoms with Gasteiger partial charge in [0.15, 0.2) is 0 Å². The van der Waals surface area contributed by atoms with Crippen LogP contribution < -0.4 is 4.74 Å². The van der Waals surface area contributed by atoms with Crippen molar-refractivity contribution in [3.05, 3.63) is 65.2 Å². The molecule has 1 fully saturated rings. The van der Waals surface area contributed by atoms with Gasteiger partial charge in [-0.25, -0.2) is 0 Å². The molecule has 0 aliphatic carbocycles. The molecular formula is C21H23NO3. The van der Waals surface area contributed by atoms with Gasteiger partial charge in [0.1, 0.15) is 11.9 Å². The average Bonchev–Trinajstić information content (AvgIpc) is 3.21. The largest absolute Gasteiger partial charge is 0.497 e. The summed E-state index contributed by atoms with van der Waals surface area (Å²) in [6, 6.07) is 16.4. The lowest BCUT2D eigenvalue weighted by molar-refractivity contribution is -0.143. The Morgan fingerprint density at radius 2 is 2.08 bits per heavy atom. The molecule has 0 aromatic heterocycles. The summed E-state index contributed by atoms with van der Waals surface area (Å²) in [5.74, 6) is 0.921. The van der Waals surface area contributed by atoms with Gasteiger partial charge in [-0.1, -0.05) is 36.4 Å². The van der Waals surface area contributed by atoms with Crippen molar-refractivity contribution in [1.82, 2.24) is 4.90 Å². The van der Waals surface area contributed by atoms with Gasteiger partial charge in [-0.05, 0) is 48.1 Å². The zero-order chi connectivity index (χ0) is 17.2. The molecule has 2 unspecified atom stereocenters. The standard InChI is InChI=1S/C21H23NO3/c1-24-17-8-4-7-16(14-17)20-18-9-3-2-6-15(18)11-12-22(20)21(23)19-10-5-13-25-19/h2-4,6-9,14,19-20H,5,10-13H2,1H3. The van der Waals surface area contributed by atoms with Gasteiger partial charge in [-0.2, -0.15) is 0 Å². The lowest BCUT2D eigenvalue weighted by Crippen LogP contribution is -2.45. The monoisotopic (exact) mass is 337 g/mol. The highest BCUT2D eigenvalue weighted by molar-refractivity contribution is 5.82. The Labute approximate surface area is 148 Å². The summed E-state index contributed by atoms with van der Waals surface area (Å²) in [5.41, 5.74) is 3.60. The minimum atomic E-state index is -0.293. The zero-order valence-corrected chi connectivity index (χ0v) is 14.5.